The molecule has 0 aliphatic carbocycles. The quantitative estimate of drug-likeness (QED) is 0.323. The first-order chi connectivity index (χ1) is 10.7. The van der Waals surface area contributed by atoms with Gasteiger partial charge >= 0.3 is 145 Å². The summed E-state index contributed by atoms with van der Waals surface area (Å²) in [5.74, 6) is -0.180. The fourth-order valence-electron chi connectivity index (χ4n) is 2.01. The first-order valence-corrected chi connectivity index (χ1v) is 11.0. The van der Waals surface area contributed by atoms with E-state index in [4.69, 9.17) is 5.73 Å². The zero-order valence-corrected chi connectivity index (χ0v) is 15.7. The monoisotopic (exact) mass is 442 g/mol. The van der Waals surface area contributed by atoms with Gasteiger partial charge in [0.25, 0.3) is 0 Å². The Labute approximate surface area is 144 Å². The zero-order valence-electron chi connectivity index (χ0n) is 12.2. The number of nitrogens with one attached hydrogen (secondary N) is 1. The van der Waals surface area contributed by atoms with Crippen molar-refractivity contribution in [1.82, 2.24) is 0 Å². The second kappa shape index (κ2) is 6.93. The van der Waals surface area contributed by atoms with E-state index < -0.39 is 14.2 Å². The Bertz CT molecular complexity index is 772. The Morgan fingerprint density at radius 2 is 1.83 bits per heavy atom. The van der Waals surface area contributed by atoms with E-state index >= 15 is 0 Å². The number of hydrogen-bond donors (Lipinski definition) is 4. The molecule has 0 saturated carbocycles. The van der Waals surface area contributed by atoms with E-state index in [1.165, 1.54) is 18.2 Å². The van der Waals surface area contributed by atoms with E-state index in [0.29, 0.717) is 22.5 Å². The summed E-state index contributed by atoms with van der Waals surface area (Å²) in [4.78, 5) is 11.3. The number of alkyl halides is 1. The second-order valence-electron chi connectivity index (χ2n) is 5.00. The molecule has 0 saturated heterocycles. The van der Waals surface area contributed by atoms with E-state index in [1.54, 1.807) is 31.2 Å². The Morgan fingerprint density at radius 1 is 1.22 bits per heavy atom. The fourth-order valence-corrected chi connectivity index (χ4v) is 3.76. The van der Waals surface area contributed by atoms with Crippen molar-refractivity contribution >= 4 is 51.7 Å². The van der Waals surface area contributed by atoms with Crippen LogP contribution in [0.15, 0.2) is 42.5 Å². The SMILES string of the molecule is CC(Br)C(=O)Nc1ccc(-c2cc(N)ccc2[As](=O)(O)O)cc1. The van der Waals surface area contributed by atoms with Crippen LogP contribution in [0, 0.1) is 0 Å². The number of nitrogen functional groups attached to an aromatic ring is 1. The van der Waals surface area contributed by atoms with Crippen molar-refractivity contribution in [3.8, 4) is 11.1 Å². The minimum atomic E-state index is -5.08. The van der Waals surface area contributed by atoms with Crippen molar-refractivity contribution in [3.63, 3.8) is 0 Å². The average Bonchev–Trinajstić information content (AvgIpc) is 2.46. The number of carbonyl (C=O) groups is 1. The standard InChI is InChI=1S/C15H16AsBrN2O4/c1-9(17)15(20)19-12-5-2-10(3-6-12)13-8-11(18)4-7-14(13)16(21,22)23/h2-9H,18H2,1H3,(H,19,20)(H2,21,22,23). The van der Waals surface area contributed by atoms with Crippen LogP contribution in [0.4, 0.5) is 11.4 Å². The van der Waals surface area contributed by atoms with Crippen LogP contribution >= 0.6 is 15.9 Å². The number of anilines is 2. The van der Waals surface area contributed by atoms with Gasteiger partial charge in [0.05, 0.1) is 0 Å². The zero-order chi connectivity index (χ0) is 17.2. The predicted octanol–water partition coefficient (Wildman–Crippen LogP) is 1.22. The van der Waals surface area contributed by atoms with Gasteiger partial charge in [-0.15, -0.1) is 0 Å². The third kappa shape index (κ3) is 4.48. The maximum absolute atomic E-state index is 11.7. The summed E-state index contributed by atoms with van der Waals surface area (Å²) in [6, 6.07) is 11.0. The fraction of sp³-hybridized carbons (Fsp3) is 0.133. The summed E-state index contributed by atoms with van der Waals surface area (Å²) in [5, 5.41) is 2.72. The summed E-state index contributed by atoms with van der Waals surface area (Å²) in [7, 11) is 0. The Kier molecular flexibility index (Phi) is 5.37. The topological polar surface area (TPSA) is 113 Å². The minimum absolute atomic E-state index is 0.0248. The Hall–Kier alpha value is -1.53. The van der Waals surface area contributed by atoms with Gasteiger partial charge in [-0.2, -0.15) is 0 Å². The molecule has 0 heterocycles. The van der Waals surface area contributed by atoms with Gasteiger partial charge < -0.3 is 0 Å². The van der Waals surface area contributed by atoms with Crippen LogP contribution in [-0.4, -0.2) is 33.1 Å². The maximum atomic E-state index is 11.7. The molecule has 2 aromatic carbocycles. The molecule has 0 aliphatic rings. The van der Waals surface area contributed by atoms with Gasteiger partial charge in [0.15, 0.2) is 0 Å². The van der Waals surface area contributed by atoms with E-state index in [9.17, 15) is 16.7 Å². The Balaban J connectivity index is 2.38. The summed E-state index contributed by atoms with van der Waals surface area (Å²) in [6.07, 6.45) is 0. The molecular weight excluding hydrogens is 427 g/mol. The molecule has 1 unspecified atom stereocenters. The van der Waals surface area contributed by atoms with Crippen molar-refractivity contribution in [2.24, 2.45) is 0 Å². The molecule has 0 fully saturated rings. The van der Waals surface area contributed by atoms with Crippen molar-refractivity contribution in [1.29, 1.82) is 0 Å². The molecule has 122 valence electrons. The first-order valence-electron chi connectivity index (χ1n) is 6.69. The van der Waals surface area contributed by atoms with Crippen molar-refractivity contribution in [3.05, 3.63) is 42.5 Å². The van der Waals surface area contributed by atoms with Gasteiger partial charge in [-0.25, -0.2) is 0 Å². The van der Waals surface area contributed by atoms with Crippen LogP contribution < -0.4 is 15.4 Å². The number of nitrogens with two attached hydrogens (primary N) is 1. The van der Waals surface area contributed by atoms with Gasteiger partial charge in [0, 0.05) is 0 Å². The normalized spacial score (nSPS) is 12.7. The molecule has 1 atom stereocenters. The molecule has 1 amide bonds. The third-order valence-corrected chi connectivity index (χ3v) is 5.71. The number of halogens is 1. The van der Waals surface area contributed by atoms with Crippen LogP contribution in [0.25, 0.3) is 11.1 Å². The number of carbonyl (C=O) groups excluding carboxylic acids is 1. The summed E-state index contributed by atoms with van der Waals surface area (Å²) in [5.41, 5.74) is 7.74. The van der Waals surface area contributed by atoms with Gasteiger partial charge in [-0.3, -0.25) is 0 Å². The average molecular weight is 443 g/mol. The molecule has 23 heavy (non-hydrogen) atoms. The van der Waals surface area contributed by atoms with Gasteiger partial charge in [0.2, 0.25) is 0 Å². The molecule has 2 aromatic rings. The van der Waals surface area contributed by atoms with Crippen LogP contribution in [0.2, 0.25) is 0 Å². The summed E-state index contributed by atoms with van der Waals surface area (Å²) in [6.45, 7) is 1.71. The molecule has 0 bridgehead atoms. The summed E-state index contributed by atoms with van der Waals surface area (Å²) < 4.78 is 30.7. The van der Waals surface area contributed by atoms with E-state index in [1.807, 2.05) is 0 Å². The van der Waals surface area contributed by atoms with E-state index in [2.05, 4.69) is 21.2 Å². The Morgan fingerprint density at radius 3 is 2.35 bits per heavy atom. The molecule has 6 nitrogen and oxygen atoms in total. The number of hydrogen-bond acceptors (Lipinski definition) is 3. The van der Waals surface area contributed by atoms with E-state index in [0.717, 1.165) is 0 Å². The molecule has 0 spiro atoms. The second-order valence-corrected chi connectivity index (χ2v) is 9.67. The van der Waals surface area contributed by atoms with Gasteiger partial charge in [-0.1, -0.05) is 0 Å². The van der Waals surface area contributed by atoms with Crippen molar-refractivity contribution in [2.75, 3.05) is 11.1 Å². The van der Waals surface area contributed by atoms with Crippen LogP contribution in [-0.2, 0) is 8.53 Å². The molecule has 0 aliphatic heterocycles. The van der Waals surface area contributed by atoms with Crippen molar-refractivity contribution < 1.29 is 16.7 Å². The van der Waals surface area contributed by atoms with Crippen molar-refractivity contribution in [2.45, 2.75) is 11.8 Å². The molecule has 0 aromatic heterocycles. The number of benzene rings is 2. The number of amides is 1. The molecule has 8 heteroatoms. The third-order valence-electron chi connectivity index (χ3n) is 3.16. The predicted molar refractivity (Wildman–Crippen MR) is 93.8 cm³/mol. The molecule has 2 rings (SSSR count). The van der Waals surface area contributed by atoms with Gasteiger partial charge in [0.1, 0.15) is 0 Å². The number of rotatable bonds is 4. The van der Waals surface area contributed by atoms with Crippen LogP contribution in [0.1, 0.15) is 6.92 Å². The van der Waals surface area contributed by atoms with E-state index in [-0.39, 0.29) is 15.1 Å². The van der Waals surface area contributed by atoms with Crippen LogP contribution in [0.3, 0.4) is 0 Å². The summed E-state index contributed by atoms with van der Waals surface area (Å²) >= 11 is -1.90. The van der Waals surface area contributed by atoms with Crippen LogP contribution in [0.5, 0.6) is 0 Å². The molecular formula is C15H16AsBrN2O4. The molecule has 0 radical (unpaired) electrons. The molecule has 5 N–H and O–H groups in total. The van der Waals surface area contributed by atoms with Gasteiger partial charge in [-0.05, 0) is 0 Å². The first kappa shape index (κ1) is 17.8.